The molecule has 0 aromatic carbocycles. The lowest BCUT2D eigenvalue weighted by molar-refractivity contribution is 0.579. The molecule has 0 aromatic rings. The second kappa shape index (κ2) is 3.56. The van der Waals surface area contributed by atoms with Gasteiger partial charge in [-0.3, -0.25) is 9.98 Å². The van der Waals surface area contributed by atoms with Crippen LogP contribution >= 0.6 is 0 Å². The lowest BCUT2D eigenvalue weighted by atomic mass is 9.99. The molecule has 0 radical (unpaired) electrons. The molecule has 13 heavy (non-hydrogen) atoms. The number of allylic oxidation sites excluding steroid dienone is 2. The predicted molar refractivity (Wildman–Crippen MR) is 54.9 cm³/mol. The first kappa shape index (κ1) is 8.23. The largest absolute Gasteiger partial charge is 0.367 e. The van der Waals surface area contributed by atoms with Crippen LogP contribution in [0.15, 0.2) is 34.0 Å². The average Bonchev–Trinajstić information content (AvgIpc) is 2.19. The quantitative estimate of drug-likeness (QED) is 0.644. The van der Waals surface area contributed by atoms with Gasteiger partial charge >= 0.3 is 0 Å². The van der Waals surface area contributed by atoms with Crippen LogP contribution in [0.4, 0.5) is 0 Å². The Balaban J connectivity index is 2.08. The van der Waals surface area contributed by atoms with Crippen LogP contribution in [0.2, 0.25) is 0 Å². The van der Waals surface area contributed by atoms with Crippen molar-refractivity contribution in [3.05, 3.63) is 24.0 Å². The van der Waals surface area contributed by atoms with Gasteiger partial charge in [-0.2, -0.15) is 0 Å². The van der Waals surface area contributed by atoms with Crippen LogP contribution in [0.1, 0.15) is 13.3 Å². The fraction of sp³-hybridized carbons (Fsp3) is 0.400. The van der Waals surface area contributed by atoms with Crippen LogP contribution in [-0.4, -0.2) is 18.6 Å². The molecule has 3 heteroatoms. The van der Waals surface area contributed by atoms with Crippen LogP contribution in [0.25, 0.3) is 0 Å². The van der Waals surface area contributed by atoms with Gasteiger partial charge in [0.05, 0.1) is 0 Å². The van der Waals surface area contributed by atoms with E-state index in [-0.39, 0.29) is 6.17 Å². The lowest BCUT2D eigenvalue weighted by Crippen LogP contribution is -2.30. The van der Waals surface area contributed by atoms with Crippen molar-refractivity contribution >= 4 is 12.4 Å². The molecule has 0 amide bonds. The molecule has 0 aromatic heterocycles. The number of aliphatic imine (C=N–C) groups is 2. The SMILES string of the molecule is CC1N=CC=C([C@H]2C=CN=CC2)N1. The molecule has 0 spiro atoms. The van der Waals surface area contributed by atoms with Crippen LogP contribution in [0.3, 0.4) is 0 Å². The molecule has 0 bridgehead atoms. The summed E-state index contributed by atoms with van der Waals surface area (Å²) >= 11 is 0. The van der Waals surface area contributed by atoms with Crippen molar-refractivity contribution in [1.82, 2.24) is 5.32 Å². The van der Waals surface area contributed by atoms with Gasteiger partial charge in [0.25, 0.3) is 0 Å². The maximum atomic E-state index is 4.20. The van der Waals surface area contributed by atoms with E-state index in [1.54, 1.807) is 0 Å². The van der Waals surface area contributed by atoms with Gasteiger partial charge < -0.3 is 5.32 Å². The Kier molecular flexibility index (Phi) is 2.25. The molecule has 1 N–H and O–H groups in total. The monoisotopic (exact) mass is 175 g/mol. The van der Waals surface area contributed by atoms with Crippen LogP contribution < -0.4 is 5.32 Å². The zero-order valence-electron chi connectivity index (χ0n) is 7.64. The Morgan fingerprint density at radius 2 is 2.46 bits per heavy atom. The summed E-state index contributed by atoms with van der Waals surface area (Å²) < 4.78 is 0. The minimum atomic E-state index is 0.201. The number of rotatable bonds is 1. The van der Waals surface area contributed by atoms with Crippen LogP contribution in [0.5, 0.6) is 0 Å². The molecule has 2 aliphatic heterocycles. The third kappa shape index (κ3) is 1.86. The standard InChI is InChI=1S/C10H13N3/c1-8-12-7-4-10(13-8)9-2-5-11-6-3-9/h2,4-9,13H,3H2,1H3/t8?,9-/m0/s1. The number of nitrogens with one attached hydrogen (secondary N) is 1. The zero-order chi connectivity index (χ0) is 9.10. The van der Waals surface area contributed by atoms with Gasteiger partial charge in [0, 0.05) is 30.2 Å². The van der Waals surface area contributed by atoms with E-state index >= 15 is 0 Å². The van der Waals surface area contributed by atoms with Gasteiger partial charge in [0.2, 0.25) is 0 Å². The van der Waals surface area contributed by atoms with E-state index in [0.29, 0.717) is 5.92 Å². The topological polar surface area (TPSA) is 36.8 Å². The van der Waals surface area contributed by atoms with Crippen molar-refractivity contribution in [2.24, 2.45) is 15.9 Å². The molecular weight excluding hydrogens is 162 g/mol. The van der Waals surface area contributed by atoms with E-state index in [4.69, 9.17) is 0 Å². The summed E-state index contributed by atoms with van der Waals surface area (Å²) in [7, 11) is 0. The summed E-state index contributed by atoms with van der Waals surface area (Å²) in [6.07, 6.45) is 11.0. The molecule has 0 aliphatic carbocycles. The first-order valence-corrected chi connectivity index (χ1v) is 4.54. The van der Waals surface area contributed by atoms with E-state index in [1.807, 2.05) is 31.6 Å². The Labute approximate surface area is 78.0 Å². The lowest BCUT2D eigenvalue weighted by Gasteiger charge is -2.23. The highest BCUT2D eigenvalue weighted by molar-refractivity contribution is 5.74. The Morgan fingerprint density at radius 1 is 1.54 bits per heavy atom. The fourth-order valence-electron chi connectivity index (χ4n) is 1.51. The number of hydrogen-bond acceptors (Lipinski definition) is 3. The molecule has 2 aliphatic rings. The van der Waals surface area contributed by atoms with Gasteiger partial charge in [0.1, 0.15) is 6.17 Å². The Bertz CT molecular complexity index is 299. The Morgan fingerprint density at radius 3 is 3.15 bits per heavy atom. The minimum absolute atomic E-state index is 0.201. The van der Waals surface area contributed by atoms with Gasteiger partial charge in [-0.25, -0.2) is 0 Å². The number of hydrogen-bond donors (Lipinski definition) is 1. The highest BCUT2D eigenvalue weighted by Gasteiger charge is 2.14. The van der Waals surface area contributed by atoms with Crippen LogP contribution in [0, 0.1) is 5.92 Å². The molecule has 1 unspecified atom stereocenters. The van der Waals surface area contributed by atoms with Gasteiger partial charge in [-0.1, -0.05) is 6.08 Å². The summed E-state index contributed by atoms with van der Waals surface area (Å²) in [6.45, 7) is 2.05. The predicted octanol–water partition coefficient (Wildman–Crippen LogP) is 1.49. The zero-order valence-corrected chi connectivity index (χ0v) is 7.64. The molecule has 0 saturated heterocycles. The fourth-order valence-corrected chi connectivity index (χ4v) is 1.51. The summed E-state index contributed by atoms with van der Waals surface area (Å²) in [5.41, 5.74) is 1.24. The van der Waals surface area contributed by atoms with Crippen molar-refractivity contribution in [3.8, 4) is 0 Å². The smallest absolute Gasteiger partial charge is 0.115 e. The molecule has 2 atom stereocenters. The summed E-state index contributed by atoms with van der Waals surface area (Å²) in [6, 6.07) is 0. The second-order valence-electron chi connectivity index (χ2n) is 3.26. The Hall–Kier alpha value is -1.38. The maximum Gasteiger partial charge on any atom is 0.115 e. The summed E-state index contributed by atoms with van der Waals surface area (Å²) in [5, 5.41) is 3.34. The number of nitrogens with zero attached hydrogens (tertiary/aromatic N) is 2. The maximum absolute atomic E-state index is 4.20. The molecule has 2 rings (SSSR count). The summed E-state index contributed by atoms with van der Waals surface area (Å²) in [5.74, 6) is 0.451. The molecule has 2 heterocycles. The third-order valence-electron chi connectivity index (χ3n) is 2.21. The van der Waals surface area contributed by atoms with Crippen molar-refractivity contribution in [3.63, 3.8) is 0 Å². The van der Waals surface area contributed by atoms with Gasteiger partial charge in [-0.15, -0.1) is 0 Å². The second-order valence-corrected chi connectivity index (χ2v) is 3.26. The van der Waals surface area contributed by atoms with E-state index in [2.05, 4.69) is 21.4 Å². The highest BCUT2D eigenvalue weighted by atomic mass is 15.1. The molecule has 3 nitrogen and oxygen atoms in total. The molecule has 0 saturated carbocycles. The van der Waals surface area contributed by atoms with Crippen molar-refractivity contribution in [2.75, 3.05) is 0 Å². The van der Waals surface area contributed by atoms with Gasteiger partial charge in [0.15, 0.2) is 0 Å². The van der Waals surface area contributed by atoms with Gasteiger partial charge in [-0.05, 0) is 19.4 Å². The minimum Gasteiger partial charge on any atom is -0.367 e. The molecule has 68 valence electrons. The first-order valence-electron chi connectivity index (χ1n) is 4.54. The van der Waals surface area contributed by atoms with E-state index < -0.39 is 0 Å². The normalized spacial score (nSPS) is 31.3. The first-order chi connectivity index (χ1) is 6.36. The van der Waals surface area contributed by atoms with Crippen molar-refractivity contribution in [2.45, 2.75) is 19.5 Å². The van der Waals surface area contributed by atoms with E-state index in [0.717, 1.165) is 6.42 Å². The summed E-state index contributed by atoms with van der Waals surface area (Å²) in [4.78, 5) is 8.25. The van der Waals surface area contributed by atoms with Crippen LogP contribution in [-0.2, 0) is 0 Å². The third-order valence-corrected chi connectivity index (χ3v) is 2.21. The van der Waals surface area contributed by atoms with E-state index in [1.165, 1.54) is 5.70 Å². The van der Waals surface area contributed by atoms with E-state index in [9.17, 15) is 0 Å². The molecule has 0 fully saturated rings. The van der Waals surface area contributed by atoms with Crippen molar-refractivity contribution < 1.29 is 0 Å². The van der Waals surface area contributed by atoms with Crippen molar-refractivity contribution in [1.29, 1.82) is 0 Å². The average molecular weight is 175 g/mol. The molecular formula is C10H13N3. The highest BCUT2D eigenvalue weighted by Crippen LogP contribution is 2.18.